The minimum Gasteiger partial charge on any atom is -0.0619 e. The standard InChI is InChI=1S/C21H24/c1-2-15-11-8-14-19-17-12-6-7-13-18(17)21(20(15)19)16-9-4-3-5-10-16/h6-8,11-14,16,21H,2-5,9-10H2,1H3. The Morgan fingerprint density at radius 2 is 1.62 bits per heavy atom. The second kappa shape index (κ2) is 5.33. The maximum Gasteiger partial charge on any atom is 0.0133 e. The lowest BCUT2D eigenvalue weighted by Crippen LogP contribution is -2.16. The lowest BCUT2D eigenvalue weighted by molar-refractivity contribution is 0.329. The molecule has 0 heteroatoms. The maximum absolute atomic E-state index is 2.38. The van der Waals surface area contributed by atoms with Gasteiger partial charge in [0.1, 0.15) is 0 Å². The van der Waals surface area contributed by atoms with Gasteiger partial charge in [-0.05, 0) is 53.0 Å². The van der Waals surface area contributed by atoms with Crippen LogP contribution in [-0.4, -0.2) is 0 Å². The van der Waals surface area contributed by atoms with E-state index >= 15 is 0 Å². The first-order valence-corrected chi connectivity index (χ1v) is 8.61. The molecule has 0 N–H and O–H groups in total. The molecule has 4 rings (SSSR count). The molecule has 2 aromatic rings. The number of aryl methyl sites for hydroxylation is 1. The number of fused-ring (bicyclic) bond motifs is 3. The van der Waals surface area contributed by atoms with Crippen molar-refractivity contribution in [3.63, 3.8) is 0 Å². The van der Waals surface area contributed by atoms with Gasteiger partial charge in [-0.3, -0.25) is 0 Å². The highest BCUT2D eigenvalue weighted by Gasteiger charge is 2.35. The molecule has 0 amide bonds. The van der Waals surface area contributed by atoms with Gasteiger partial charge in [-0.2, -0.15) is 0 Å². The third-order valence-electron chi connectivity index (χ3n) is 5.60. The Hall–Kier alpha value is -1.56. The van der Waals surface area contributed by atoms with E-state index in [4.69, 9.17) is 0 Å². The van der Waals surface area contributed by atoms with Gasteiger partial charge in [0.2, 0.25) is 0 Å². The molecule has 2 aliphatic carbocycles. The lowest BCUT2D eigenvalue weighted by atomic mass is 9.74. The lowest BCUT2D eigenvalue weighted by Gasteiger charge is -2.30. The second-order valence-electron chi connectivity index (χ2n) is 6.69. The van der Waals surface area contributed by atoms with Gasteiger partial charge in [0, 0.05) is 5.92 Å². The van der Waals surface area contributed by atoms with Crippen molar-refractivity contribution in [1.29, 1.82) is 0 Å². The summed E-state index contributed by atoms with van der Waals surface area (Å²) < 4.78 is 0. The first-order valence-electron chi connectivity index (χ1n) is 8.61. The first kappa shape index (κ1) is 13.1. The van der Waals surface area contributed by atoms with Crippen molar-refractivity contribution in [2.45, 2.75) is 51.4 Å². The molecule has 0 nitrogen and oxygen atoms in total. The highest BCUT2D eigenvalue weighted by atomic mass is 14.4. The summed E-state index contributed by atoms with van der Waals surface area (Å²) in [6.45, 7) is 2.30. The number of benzene rings is 2. The summed E-state index contributed by atoms with van der Waals surface area (Å²) in [5.41, 5.74) is 7.84. The molecule has 0 heterocycles. The van der Waals surface area contributed by atoms with Crippen molar-refractivity contribution in [3.05, 3.63) is 59.2 Å². The molecule has 0 saturated heterocycles. The number of hydrogen-bond acceptors (Lipinski definition) is 0. The Balaban J connectivity index is 1.90. The highest BCUT2D eigenvalue weighted by Crippen LogP contribution is 2.52. The Kier molecular flexibility index (Phi) is 3.33. The second-order valence-corrected chi connectivity index (χ2v) is 6.69. The first-order chi connectivity index (χ1) is 10.4. The summed E-state index contributed by atoms with van der Waals surface area (Å²) >= 11 is 0. The molecular weight excluding hydrogens is 252 g/mol. The minimum absolute atomic E-state index is 0.660. The molecule has 1 atom stereocenters. The van der Waals surface area contributed by atoms with E-state index in [9.17, 15) is 0 Å². The van der Waals surface area contributed by atoms with Gasteiger partial charge >= 0.3 is 0 Å². The molecule has 0 aromatic heterocycles. The molecular formula is C21H24. The van der Waals surface area contributed by atoms with Crippen LogP contribution in [0.1, 0.15) is 61.6 Å². The highest BCUT2D eigenvalue weighted by molar-refractivity contribution is 5.80. The van der Waals surface area contributed by atoms with Gasteiger partial charge < -0.3 is 0 Å². The Morgan fingerprint density at radius 1 is 0.857 bits per heavy atom. The summed E-state index contributed by atoms with van der Waals surface area (Å²) in [4.78, 5) is 0. The van der Waals surface area contributed by atoms with E-state index in [0.29, 0.717) is 5.92 Å². The van der Waals surface area contributed by atoms with Crippen LogP contribution in [0.25, 0.3) is 11.1 Å². The van der Waals surface area contributed by atoms with E-state index in [1.807, 2.05) is 0 Å². The van der Waals surface area contributed by atoms with Crippen LogP contribution in [0.4, 0.5) is 0 Å². The SMILES string of the molecule is CCc1cccc2c1C(C1CCCCC1)c1ccccc1-2. The van der Waals surface area contributed by atoms with Crippen LogP contribution in [-0.2, 0) is 6.42 Å². The van der Waals surface area contributed by atoms with Gasteiger partial charge in [0.05, 0.1) is 0 Å². The molecule has 108 valence electrons. The Labute approximate surface area is 128 Å². The Morgan fingerprint density at radius 3 is 2.43 bits per heavy atom. The summed E-state index contributed by atoms with van der Waals surface area (Å²) in [5, 5.41) is 0. The zero-order chi connectivity index (χ0) is 14.2. The van der Waals surface area contributed by atoms with E-state index in [2.05, 4.69) is 49.4 Å². The van der Waals surface area contributed by atoms with E-state index < -0.39 is 0 Å². The molecule has 0 aliphatic heterocycles. The molecule has 2 aliphatic rings. The zero-order valence-electron chi connectivity index (χ0n) is 12.9. The van der Waals surface area contributed by atoms with Crippen LogP contribution < -0.4 is 0 Å². The van der Waals surface area contributed by atoms with Crippen molar-refractivity contribution in [3.8, 4) is 11.1 Å². The van der Waals surface area contributed by atoms with Crippen molar-refractivity contribution >= 4 is 0 Å². The third-order valence-corrected chi connectivity index (χ3v) is 5.60. The summed E-state index contributed by atoms with van der Waals surface area (Å²) in [7, 11) is 0. The average molecular weight is 276 g/mol. The van der Waals surface area contributed by atoms with Gasteiger partial charge in [-0.1, -0.05) is 68.7 Å². The molecule has 0 spiro atoms. The van der Waals surface area contributed by atoms with Crippen molar-refractivity contribution in [2.75, 3.05) is 0 Å². The molecule has 0 radical (unpaired) electrons. The molecule has 21 heavy (non-hydrogen) atoms. The van der Waals surface area contributed by atoms with E-state index in [1.165, 1.54) is 43.2 Å². The fraction of sp³-hybridized carbons (Fsp3) is 0.429. The monoisotopic (exact) mass is 276 g/mol. The fourth-order valence-corrected chi connectivity index (χ4v) is 4.65. The maximum atomic E-state index is 2.38. The molecule has 2 aromatic carbocycles. The zero-order valence-corrected chi connectivity index (χ0v) is 12.9. The topological polar surface area (TPSA) is 0 Å². The van der Waals surface area contributed by atoms with Gasteiger partial charge in [-0.15, -0.1) is 0 Å². The normalized spacial score (nSPS) is 21.1. The van der Waals surface area contributed by atoms with Crippen molar-refractivity contribution < 1.29 is 0 Å². The predicted octanol–water partition coefficient (Wildman–Crippen LogP) is 5.94. The third kappa shape index (κ3) is 2.04. The van der Waals surface area contributed by atoms with Gasteiger partial charge in [0.15, 0.2) is 0 Å². The van der Waals surface area contributed by atoms with E-state index in [1.54, 1.807) is 16.7 Å². The molecule has 1 saturated carbocycles. The van der Waals surface area contributed by atoms with Crippen molar-refractivity contribution in [2.24, 2.45) is 5.92 Å². The fourth-order valence-electron chi connectivity index (χ4n) is 4.65. The van der Waals surface area contributed by atoms with E-state index in [-0.39, 0.29) is 0 Å². The summed E-state index contributed by atoms with van der Waals surface area (Å²) in [6, 6.07) is 16.1. The minimum atomic E-state index is 0.660. The molecule has 1 unspecified atom stereocenters. The smallest absolute Gasteiger partial charge is 0.0133 e. The predicted molar refractivity (Wildman–Crippen MR) is 89.7 cm³/mol. The largest absolute Gasteiger partial charge is 0.0619 e. The van der Waals surface area contributed by atoms with Gasteiger partial charge in [0.25, 0.3) is 0 Å². The number of rotatable bonds is 2. The quantitative estimate of drug-likeness (QED) is 0.636. The van der Waals surface area contributed by atoms with Gasteiger partial charge in [-0.25, -0.2) is 0 Å². The summed E-state index contributed by atoms with van der Waals surface area (Å²) in [6.07, 6.45) is 8.26. The molecule has 0 bridgehead atoms. The van der Waals surface area contributed by atoms with Crippen LogP contribution in [0.5, 0.6) is 0 Å². The van der Waals surface area contributed by atoms with E-state index in [0.717, 1.165) is 12.3 Å². The summed E-state index contributed by atoms with van der Waals surface area (Å²) in [5.74, 6) is 1.52. The average Bonchev–Trinajstić information content (AvgIpc) is 2.90. The number of hydrogen-bond donors (Lipinski definition) is 0. The molecule has 1 fully saturated rings. The van der Waals surface area contributed by atoms with Crippen molar-refractivity contribution in [1.82, 2.24) is 0 Å². The van der Waals surface area contributed by atoms with Crippen LogP contribution in [0.2, 0.25) is 0 Å². The van der Waals surface area contributed by atoms with Crippen LogP contribution in [0, 0.1) is 5.92 Å². The van der Waals surface area contributed by atoms with Crippen LogP contribution >= 0.6 is 0 Å². The Bertz CT molecular complexity index is 647. The van der Waals surface area contributed by atoms with Crippen LogP contribution in [0.3, 0.4) is 0 Å². The van der Waals surface area contributed by atoms with Crippen LogP contribution in [0.15, 0.2) is 42.5 Å².